The van der Waals surface area contributed by atoms with Gasteiger partial charge in [-0.15, -0.1) is 0 Å². The minimum Gasteiger partial charge on any atom is -0.252 e. The summed E-state index contributed by atoms with van der Waals surface area (Å²) >= 11 is 5.26. The van der Waals surface area contributed by atoms with Crippen molar-refractivity contribution in [2.24, 2.45) is 10.2 Å². The summed E-state index contributed by atoms with van der Waals surface area (Å²) in [5.41, 5.74) is 9.76. The largest absolute Gasteiger partial charge is 0.252 e. The van der Waals surface area contributed by atoms with E-state index >= 15 is 0 Å². The van der Waals surface area contributed by atoms with Crippen LogP contribution in [0.3, 0.4) is 0 Å². The summed E-state index contributed by atoms with van der Waals surface area (Å²) in [5.74, 6) is 0. The highest BCUT2D eigenvalue weighted by atomic mass is 32.1. The summed E-state index contributed by atoms with van der Waals surface area (Å²) < 4.78 is 0. The van der Waals surface area contributed by atoms with Crippen molar-refractivity contribution in [1.82, 2.24) is 10.9 Å². The van der Waals surface area contributed by atoms with Crippen LogP contribution in [0, 0.1) is 0 Å². The first-order chi connectivity index (χ1) is 13.7. The van der Waals surface area contributed by atoms with Crippen molar-refractivity contribution in [3.8, 4) is 0 Å². The van der Waals surface area contributed by atoms with Crippen LogP contribution in [0.1, 0.15) is 37.8 Å². The van der Waals surface area contributed by atoms with E-state index in [1.54, 1.807) is 0 Å². The van der Waals surface area contributed by atoms with Gasteiger partial charge in [0.25, 0.3) is 0 Å². The molecule has 0 aromatic heterocycles. The second-order valence-electron chi connectivity index (χ2n) is 5.95. The third kappa shape index (κ3) is 8.10. The van der Waals surface area contributed by atoms with Gasteiger partial charge in [0.15, 0.2) is 0 Å². The molecule has 0 atom stereocenters. The normalized spacial score (nSPS) is 12.5. The van der Waals surface area contributed by atoms with Gasteiger partial charge in [-0.05, 0) is 48.3 Å². The third-order valence-electron chi connectivity index (χ3n) is 3.86. The molecule has 0 saturated heterocycles. The highest BCUT2D eigenvalue weighted by Crippen LogP contribution is 2.03. The van der Waals surface area contributed by atoms with Crippen molar-refractivity contribution in [2.45, 2.75) is 26.7 Å². The van der Waals surface area contributed by atoms with Crippen LogP contribution in [0.15, 0.2) is 83.0 Å². The van der Waals surface area contributed by atoms with Gasteiger partial charge in [-0.3, -0.25) is 10.9 Å². The molecular formula is C23H26N4S. The number of hydrogen-bond acceptors (Lipinski definition) is 3. The molecule has 0 bridgehead atoms. The van der Waals surface area contributed by atoms with Crippen LogP contribution in [0.4, 0.5) is 0 Å². The highest BCUT2D eigenvalue weighted by Gasteiger charge is 1.96. The zero-order valence-electron chi connectivity index (χ0n) is 16.3. The van der Waals surface area contributed by atoms with Gasteiger partial charge in [0.2, 0.25) is 5.11 Å². The predicted molar refractivity (Wildman–Crippen MR) is 125 cm³/mol. The van der Waals surface area contributed by atoms with Crippen LogP contribution < -0.4 is 10.9 Å². The Balaban J connectivity index is 1.90. The van der Waals surface area contributed by atoms with Gasteiger partial charge in [-0.2, -0.15) is 10.2 Å². The number of hydrogen-bond donors (Lipinski definition) is 2. The second kappa shape index (κ2) is 12.4. The maximum Gasteiger partial charge on any atom is 0.207 e. The smallest absolute Gasteiger partial charge is 0.207 e. The Hall–Kier alpha value is -3.05. The Kier molecular flexibility index (Phi) is 9.38. The Morgan fingerprint density at radius 3 is 1.50 bits per heavy atom. The van der Waals surface area contributed by atoms with E-state index in [4.69, 9.17) is 12.2 Å². The highest BCUT2D eigenvalue weighted by molar-refractivity contribution is 7.80. The van der Waals surface area contributed by atoms with Crippen molar-refractivity contribution >= 4 is 40.9 Å². The third-order valence-corrected chi connectivity index (χ3v) is 4.04. The molecule has 0 fully saturated rings. The van der Waals surface area contributed by atoms with E-state index in [-0.39, 0.29) is 0 Å². The van der Waals surface area contributed by atoms with E-state index in [1.807, 2.05) is 98.8 Å². The van der Waals surface area contributed by atoms with Crippen LogP contribution in [0.25, 0.3) is 12.2 Å². The molecule has 0 heterocycles. The average molecular weight is 391 g/mol. The van der Waals surface area contributed by atoms with Gasteiger partial charge < -0.3 is 0 Å². The molecule has 0 unspecified atom stereocenters. The van der Waals surface area contributed by atoms with Crippen LogP contribution in [-0.2, 0) is 0 Å². The molecule has 2 aromatic rings. The van der Waals surface area contributed by atoms with Gasteiger partial charge in [-0.25, -0.2) is 0 Å². The number of hydrazone groups is 2. The minimum atomic E-state index is 0.359. The maximum atomic E-state index is 5.26. The van der Waals surface area contributed by atoms with Gasteiger partial charge >= 0.3 is 0 Å². The molecule has 28 heavy (non-hydrogen) atoms. The molecule has 0 amide bonds. The number of nitrogens with one attached hydrogen (secondary N) is 2. The fourth-order valence-corrected chi connectivity index (χ4v) is 2.34. The Morgan fingerprint density at radius 2 is 1.14 bits per heavy atom. The number of benzene rings is 2. The molecule has 2 rings (SSSR count). The van der Waals surface area contributed by atoms with Crippen LogP contribution in [-0.4, -0.2) is 16.5 Å². The van der Waals surface area contributed by atoms with E-state index in [2.05, 4.69) is 21.1 Å². The van der Waals surface area contributed by atoms with Gasteiger partial charge in [0, 0.05) is 0 Å². The lowest BCUT2D eigenvalue weighted by molar-refractivity contribution is 0.918. The standard InChI is InChI=1S/C23H26N4S/c1-3-21(17-15-19-11-7-5-8-12-19)24-26-23(28)27-25-22(4-2)18-16-20-13-9-6-10-14-20/h5-18H,3-4H2,1-2H3,(H2,26,27,28)/b17-15+,18-16+,24-21-,25-22-. The van der Waals surface area contributed by atoms with E-state index in [0.29, 0.717) is 5.11 Å². The van der Waals surface area contributed by atoms with Crippen LogP contribution in [0.2, 0.25) is 0 Å². The van der Waals surface area contributed by atoms with Crippen molar-refractivity contribution < 1.29 is 0 Å². The first-order valence-corrected chi connectivity index (χ1v) is 9.77. The summed E-state index contributed by atoms with van der Waals surface area (Å²) in [7, 11) is 0. The van der Waals surface area contributed by atoms with Crippen molar-refractivity contribution in [3.05, 3.63) is 83.9 Å². The zero-order chi connectivity index (χ0) is 20.0. The fourth-order valence-electron chi connectivity index (χ4n) is 2.25. The molecule has 0 saturated carbocycles. The molecule has 0 spiro atoms. The number of thiocarbonyl (C=S) groups is 1. The lowest BCUT2D eigenvalue weighted by Crippen LogP contribution is -2.29. The monoisotopic (exact) mass is 390 g/mol. The Morgan fingerprint density at radius 1 is 0.750 bits per heavy atom. The maximum absolute atomic E-state index is 5.26. The number of rotatable bonds is 8. The van der Waals surface area contributed by atoms with E-state index in [1.165, 1.54) is 0 Å². The van der Waals surface area contributed by atoms with Gasteiger partial charge in [0.1, 0.15) is 0 Å². The molecule has 5 heteroatoms. The Labute approximate surface area is 172 Å². The quantitative estimate of drug-likeness (QED) is 0.360. The Bertz CT molecular complexity index is 781. The molecule has 0 aliphatic rings. The first-order valence-electron chi connectivity index (χ1n) is 9.36. The molecule has 0 aliphatic carbocycles. The first kappa shape index (κ1) is 21.3. The van der Waals surface area contributed by atoms with Crippen LogP contribution in [0.5, 0.6) is 0 Å². The average Bonchev–Trinajstić information content (AvgIpc) is 2.75. The number of nitrogens with zero attached hydrogens (tertiary/aromatic N) is 2. The van der Waals surface area contributed by atoms with Gasteiger partial charge in [0.05, 0.1) is 11.4 Å². The molecule has 0 radical (unpaired) electrons. The second-order valence-corrected chi connectivity index (χ2v) is 6.36. The fraction of sp³-hybridized carbons (Fsp3) is 0.174. The van der Waals surface area contributed by atoms with Crippen LogP contribution >= 0.6 is 12.2 Å². The number of allylic oxidation sites excluding steroid dienone is 2. The molecule has 2 N–H and O–H groups in total. The van der Waals surface area contributed by atoms with E-state index < -0.39 is 0 Å². The summed E-state index contributed by atoms with van der Waals surface area (Å²) in [6, 6.07) is 20.2. The molecular weight excluding hydrogens is 364 g/mol. The lowest BCUT2D eigenvalue weighted by atomic mass is 10.2. The van der Waals surface area contributed by atoms with Gasteiger partial charge in [-0.1, -0.05) is 86.7 Å². The molecule has 2 aromatic carbocycles. The van der Waals surface area contributed by atoms with E-state index in [9.17, 15) is 0 Å². The topological polar surface area (TPSA) is 48.8 Å². The lowest BCUT2D eigenvalue weighted by Gasteiger charge is -2.05. The summed E-state index contributed by atoms with van der Waals surface area (Å²) in [6.45, 7) is 4.10. The minimum absolute atomic E-state index is 0.359. The summed E-state index contributed by atoms with van der Waals surface area (Å²) in [6.07, 6.45) is 9.61. The molecule has 144 valence electrons. The SMILES string of the molecule is CCC(/C=C/c1ccccc1)=N/NC(=S)N/N=C(\C=C\c1ccccc1)CC. The van der Waals surface area contributed by atoms with Crippen molar-refractivity contribution in [3.63, 3.8) is 0 Å². The van der Waals surface area contributed by atoms with Crippen molar-refractivity contribution in [2.75, 3.05) is 0 Å². The molecule has 0 aliphatic heterocycles. The zero-order valence-corrected chi connectivity index (χ0v) is 17.1. The summed E-state index contributed by atoms with van der Waals surface area (Å²) in [5, 5.41) is 9.05. The summed E-state index contributed by atoms with van der Waals surface area (Å²) in [4.78, 5) is 0. The molecule has 4 nitrogen and oxygen atoms in total. The van der Waals surface area contributed by atoms with Crippen molar-refractivity contribution in [1.29, 1.82) is 0 Å². The van der Waals surface area contributed by atoms with E-state index in [0.717, 1.165) is 35.4 Å². The predicted octanol–water partition coefficient (Wildman–Crippen LogP) is 5.41.